The van der Waals surface area contributed by atoms with Crippen LogP contribution in [-0.2, 0) is 4.79 Å². The van der Waals surface area contributed by atoms with Gasteiger partial charge in [0, 0.05) is 23.4 Å². The van der Waals surface area contributed by atoms with Gasteiger partial charge in [0.15, 0.2) is 10.1 Å². The number of non-ortho nitro benzene ring substituents is 1. The van der Waals surface area contributed by atoms with Crippen LogP contribution in [0.1, 0.15) is 24.2 Å². The van der Waals surface area contributed by atoms with Crippen LogP contribution < -0.4 is 5.32 Å². The zero-order valence-electron chi connectivity index (χ0n) is 14.5. The highest BCUT2D eigenvalue weighted by Gasteiger charge is 2.18. The molecule has 2 aromatic carbocycles. The van der Waals surface area contributed by atoms with Crippen molar-refractivity contribution in [1.82, 2.24) is 4.98 Å². The van der Waals surface area contributed by atoms with Gasteiger partial charge >= 0.3 is 0 Å². The number of aromatic nitrogens is 1. The van der Waals surface area contributed by atoms with Crippen LogP contribution in [-0.4, -0.2) is 26.8 Å². The molecule has 27 heavy (non-hydrogen) atoms. The first-order valence-electron chi connectivity index (χ1n) is 7.97. The number of nitrogens with one attached hydrogen (secondary N) is 1. The molecule has 7 nitrogen and oxygen atoms in total. The van der Waals surface area contributed by atoms with E-state index in [0.29, 0.717) is 25.8 Å². The number of anilines is 1. The maximum absolute atomic E-state index is 12.4. The SMILES string of the molecule is CC(=O)c1ccc(NC(=O)[C@@H](C)Sc2nc3ccc([N+](=O)[O-])cc3s2)cc1. The number of carbonyl (C=O) groups excluding carboxylic acids is 2. The van der Waals surface area contributed by atoms with E-state index in [2.05, 4.69) is 10.3 Å². The number of hydrogen-bond acceptors (Lipinski definition) is 7. The van der Waals surface area contributed by atoms with Crippen LogP contribution in [0, 0.1) is 10.1 Å². The molecular formula is C18H15N3O4S2. The van der Waals surface area contributed by atoms with Crippen LogP contribution in [0.3, 0.4) is 0 Å². The summed E-state index contributed by atoms with van der Waals surface area (Å²) in [6.45, 7) is 3.25. The Balaban J connectivity index is 1.67. The van der Waals surface area contributed by atoms with Gasteiger partial charge in [0.05, 0.1) is 20.4 Å². The summed E-state index contributed by atoms with van der Waals surface area (Å²) in [6.07, 6.45) is 0. The van der Waals surface area contributed by atoms with Crippen molar-refractivity contribution >= 4 is 56.4 Å². The van der Waals surface area contributed by atoms with Crippen molar-refractivity contribution in [1.29, 1.82) is 0 Å². The number of nitro groups is 1. The number of rotatable bonds is 6. The second-order valence-corrected chi connectivity index (χ2v) is 8.39. The van der Waals surface area contributed by atoms with Crippen molar-refractivity contribution < 1.29 is 14.5 Å². The third-order valence-corrected chi connectivity index (χ3v) is 5.98. The molecule has 1 amide bonds. The minimum atomic E-state index is -0.445. The van der Waals surface area contributed by atoms with E-state index in [-0.39, 0.29) is 17.4 Å². The van der Waals surface area contributed by atoms with E-state index in [1.807, 2.05) is 0 Å². The number of carbonyl (C=O) groups is 2. The standard InChI is InChI=1S/C18H15N3O4S2/c1-10(22)12-3-5-13(6-4-12)19-17(23)11(2)26-18-20-15-8-7-14(21(24)25)9-16(15)27-18/h3-9,11H,1-2H3,(H,19,23)/t11-/m1/s1. The van der Waals surface area contributed by atoms with Gasteiger partial charge in [-0.15, -0.1) is 11.3 Å². The zero-order valence-corrected chi connectivity index (χ0v) is 16.1. The molecule has 3 aromatic rings. The molecular weight excluding hydrogens is 386 g/mol. The maximum atomic E-state index is 12.4. The van der Waals surface area contributed by atoms with Crippen molar-refractivity contribution in [3.8, 4) is 0 Å². The van der Waals surface area contributed by atoms with Gasteiger partial charge in [0.25, 0.3) is 5.69 Å². The summed E-state index contributed by atoms with van der Waals surface area (Å²) in [5.74, 6) is -0.228. The Morgan fingerprint density at radius 3 is 2.56 bits per heavy atom. The average Bonchev–Trinajstić information content (AvgIpc) is 3.03. The Kier molecular flexibility index (Phi) is 5.52. The smallest absolute Gasteiger partial charge is 0.270 e. The predicted molar refractivity (Wildman–Crippen MR) is 107 cm³/mol. The summed E-state index contributed by atoms with van der Waals surface area (Å²) in [5, 5.41) is 13.3. The van der Waals surface area contributed by atoms with Crippen molar-refractivity contribution in [2.75, 3.05) is 5.32 Å². The minimum absolute atomic E-state index is 0.0162. The van der Waals surface area contributed by atoms with E-state index in [1.54, 1.807) is 37.3 Å². The van der Waals surface area contributed by atoms with E-state index in [0.717, 1.165) is 0 Å². The summed E-state index contributed by atoms with van der Waals surface area (Å²) >= 11 is 2.61. The van der Waals surface area contributed by atoms with Gasteiger partial charge in [0.2, 0.25) is 5.91 Å². The number of nitro benzene ring substituents is 1. The molecule has 1 aromatic heterocycles. The lowest BCUT2D eigenvalue weighted by Gasteiger charge is -2.10. The normalized spacial score (nSPS) is 11.9. The third kappa shape index (κ3) is 4.50. The summed E-state index contributed by atoms with van der Waals surface area (Å²) in [7, 11) is 0. The summed E-state index contributed by atoms with van der Waals surface area (Å²) in [5.41, 5.74) is 1.87. The van der Waals surface area contributed by atoms with Crippen LogP contribution in [0.4, 0.5) is 11.4 Å². The van der Waals surface area contributed by atoms with Crippen LogP contribution in [0.15, 0.2) is 46.8 Å². The number of Topliss-reactive ketones (excluding diaryl/α,β-unsaturated/α-hetero) is 1. The van der Waals surface area contributed by atoms with Crippen molar-refractivity contribution in [3.63, 3.8) is 0 Å². The first-order valence-corrected chi connectivity index (χ1v) is 9.66. The number of thioether (sulfide) groups is 1. The van der Waals surface area contributed by atoms with E-state index in [4.69, 9.17) is 0 Å². The highest BCUT2D eigenvalue weighted by Crippen LogP contribution is 2.34. The number of amides is 1. The molecule has 1 N–H and O–H groups in total. The maximum Gasteiger partial charge on any atom is 0.270 e. The Morgan fingerprint density at radius 2 is 1.93 bits per heavy atom. The molecule has 0 unspecified atom stereocenters. The van der Waals surface area contributed by atoms with E-state index >= 15 is 0 Å². The van der Waals surface area contributed by atoms with Crippen LogP contribution in [0.25, 0.3) is 10.2 Å². The second-order valence-electron chi connectivity index (χ2n) is 5.77. The average molecular weight is 401 g/mol. The molecule has 9 heteroatoms. The van der Waals surface area contributed by atoms with Crippen LogP contribution >= 0.6 is 23.1 Å². The van der Waals surface area contributed by atoms with Gasteiger partial charge in [-0.1, -0.05) is 11.8 Å². The third-order valence-electron chi connectivity index (χ3n) is 3.77. The molecule has 1 atom stereocenters. The molecule has 0 radical (unpaired) electrons. The molecule has 3 rings (SSSR count). The monoisotopic (exact) mass is 401 g/mol. The number of fused-ring (bicyclic) bond motifs is 1. The van der Waals surface area contributed by atoms with Crippen molar-refractivity contribution in [2.24, 2.45) is 0 Å². The number of hydrogen-bond donors (Lipinski definition) is 1. The summed E-state index contributed by atoms with van der Waals surface area (Å²) < 4.78 is 1.37. The van der Waals surface area contributed by atoms with Gasteiger partial charge in [-0.25, -0.2) is 4.98 Å². The Hall–Kier alpha value is -2.78. The summed E-state index contributed by atoms with van der Waals surface area (Å²) in [4.78, 5) is 38.5. The van der Waals surface area contributed by atoms with Crippen molar-refractivity contribution in [2.45, 2.75) is 23.4 Å². The second kappa shape index (κ2) is 7.85. The zero-order chi connectivity index (χ0) is 19.6. The first-order chi connectivity index (χ1) is 12.8. The Labute approximate surface area is 163 Å². The Morgan fingerprint density at radius 1 is 1.22 bits per heavy atom. The van der Waals surface area contributed by atoms with Crippen LogP contribution in [0.5, 0.6) is 0 Å². The molecule has 138 valence electrons. The molecule has 0 saturated heterocycles. The fraction of sp³-hybridized carbons (Fsp3) is 0.167. The van der Waals surface area contributed by atoms with Gasteiger partial charge in [0.1, 0.15) is 0 Å². The largest absolute Gasteiger partial charge is 0.325 e. The first kappa shape index (κ1) is 19.0. The summed E-state index contributed by atoms with van der Waals surface area (Å²) in [6, 6.07) is 11.2. The minimum Gasteiger partial charge on any atom is -0.325 e. The number of nitrogens with zero attached hydrogens (tertiary/aromatic N) is 2. The lowest BCUT2D eigenvalue weighted by molar-refractivity contribution is -0.384. The lowest BCUT2D eigenvalue weighted by atomic mass is 10.1. The van der Waals surface area contributed by atoms with Crippen molar-refractivity contribution in [3.05, 3.63) is 58.1 Å². The molecule has 0 spiro atoms. The quantitative estimate of drug-likeness (QED) is 0.282. The highest BCUT2D eigenvalue weighted by molar-refractivity contribution is 8.02. The number of benzene rings is 2. The van der Waals surface area contributed by atoms with E-state index < -0.39 is 10.2 Å². The molecule has 0 aliphatic heterocycles. The van der Waals surface area contributed by atoms with Gasteiger partial charge < -0.3 is 5.32 Å². The Bertz CT molecular complexity index is 1030. The highest BCUT2D eigenvalue weighted by atomic mass is 32.2. The molecule has 0 aliphatic rings. The fourth-order valence-electron chi connectivity index (χ4n) is 2.29. The number of ketones is 1. The lowest BCUT2D eigenvalue weighted by Crippen LogP contribution is -2.22. The fourth-order valence-corrected chi connectivity index (χ4v) is 4.54. The van der Waals surface area contributed by atoms with E-state index in [1.165, 1.54) is 42.2 Å². The molecule has 1 heterocycles. The molecule has 0 bridgehead atoms. The number of thiazole rings is 1. The van der Waals surface area contributed by atoms with Gasteiger partial charge in [-0.05, 0) is 44.2 Å². The molecule has 0 fully saturated rings. The van der Waals surface area contributed by atoms with Gasteiger partial charge in [-0.2, -0.15) is 0 Å². The van der Waals surface area contributed by atoms with Gasteiger partial charge in [-0.3, -0.25) is 19.7 Å². The molecule has 0 aliphatic carbocycles. The predicted octanol–water partition coefficient (Wildman–Crippen LogP) is 4.53. The topological polar surface area (TPSA) is 102 Å². The molecule has 0 saturated carbocycles. The van der Waals surface area contributed by atoms with E-state index in [9.17, 15) is 19.7 Å². The van der Waals surface area contributed by atoms with Crippen LogP contribution in [0.2, 0.25) is 0 Å².